The zero-order valence-electron chi connectivity index (χ0n) is 12.0. The molecule has 0 saturated carbocycles. The number of nitrogens with zero attached hydrogens (tertiary/aromatic N) is 1. The third kappa shape index (κ3) is 5.73. The van der Waals surface area contributed by atoms with Crippen molar-refractivity contribution in [1.29, 1.82) is 0 Å². The van der Waals surface area contributed by atoms with E-state index in [-0.39, 0.29) is 26.1 Å². The maximum atomic E-state index is 12.5. The Labute approximate surface area is 131 Å². The number of rotatable bonds is 6. The molecule has 0 bridgehead atoms. The minimum atomic E-state index is -4.51. The molecule has 124 valence electrons. The van der Waals surface area contributed by atoms with Crippen LogP contribution in [-0.4, -0.2) is 41.4 Å². The highest BCUT2D eigenvalue weighted by molar-refractivity contribution is 6.31. The number of aliphatic hydroxyl groups excluding tert-OH is 1. The van der Waals surface area contributed by atoms with E-state index in [1.165, 1.54) is 4.90 Å². The second-order valence-corrected chi connectivity index (χ2v) is 5.21. The fourth-order valence-corrected chi connectivity index (χ4v) is 1.90. The standard InChI is InChI=1S/C14H18ClF3N2O2/c1-10(14(16,17)18)19-13(22)20(7-4-8-21)9-11-5-2-3-6-12(11)15/h2-3,5-6,10,21H,4,7-9H2,1H3,(H,19,22). The number of halogens is 4. The maximum Gasteiger partial charge on any atom is 0.408 e. The zero-order valence-corrected chi connectivity index (χ0v) is 12.8. The lowest BCUT2D eigenvalue weighted by molar-refractivity contribution is -0.149. The van der Waals surface area contributed by atoms with Crippen LogP contribution in [-0.2, 0) is 6.54 Å². The monoisotopic (exact) mass is 338 g/mol. The zero-order chi connectivity index (χ0) is 16.8. The first-order chi connectivity index (χ1) is 10.3. The van der Waals surface area contributed by atoms with Crippen LogP contribution in [0.15, 0.2) is 24.3 Å². The predicted molar refractivity (Wildman–Crippen MR) is 77.6 cm³/mol. The number of aliphatic hydroxyl groups is 1. The van der Waals surface area contributed by atoms with Gasteiger partial charge in [0.15, 0.2) is 0 Å². The van der Waals surface area contributed by atoms with Crippen LogP contribution in [0, 0.1) is 0 Å². The van der Waals surface area contributed by atoms with Gasteiger partial charge in [0.2, 0.25) is 0 Å². The van der Waals surface area contributed by atoms with Crippen molar-refractivity contribution in [2.75, 3.05) is 13.2 Å². The van der Waals surface area contributed by atoms with Gasteiger partial charge in [-0.05, 0) is 25.0 Å². The minimum Gasteiger partial charge on any atom is -0.396 e. The van der Waals surface area contributed by atoms with E-state index in [1.54, 1.807) is 24.3 Å². The Bertz CT molecular complexity index is 497. The molecule has 0 fully saturated rings. The topological polar surface area (TPSA) is 52.6 Å². The lowest BCUT2D eigenvalue weighted by Gasteiger charge is -2.26. The molecule has 1 aromatic carbocycles. The molecular weight excluding hydrogens is 321 g/mol. The highest BCUT2D eigenvalue weighted by atomic mass is 35.5. The van der Waals surface area contributed by atoms with Crippen LogP contribution in [0.3, 0.4) is 0 Å². The van der Waals surface area contributed by atoms with Crippen LogP contribution >= 0.6 is 11.6 Å². The second kappa shape index (κ2) is 8.24. The summed E-state index contributed by atoms with van der Waals surface area (Å²) in [4.78, 5) is 13.2. The van der Waals surface area contributed by atoms with E-state index in [0.29, 0.717) is 10.6 Å². The van der Waals surface area contributed by atoms with E-state index in [9.17, 15) is 18.0 Å². The first-order valence-electron chi connectivity index (χ1n) is 6.72. The van der Waals surface area contributed by atoms with Gasteiger partial charge < -0.3 is 15.3 Å². The van der Waals surface area contributed by atoms with Crippen molar-refractivity contribution in [3.8, 4) is 0 Å². The molecule has 0 spiro atoms. The molecule has 8 heteroatoms. The van der Waals surface area contributed by atoms with Crippen molar-refractivity contribution in [3.05, 3.63) is 34.9 Å². The molecule has 1 unspecified atom stereocenters. The fraction of sp³-hybridized carbons (Fsp3) is 0.500. The van der Waals surface area contributed by atoms with Gasteiger partial charge in [-0.15, -0.1) is 0 Å². The first kappa shape index (κ1) is 18.6. The van der Waals surface area contributed by atoms with Crippen LogP contribution in [0.1, 0.15) is 18.9 Å². The molecule has 22 heavy (non-hydrogen) atoms. The molecule has 0 saturated heterocycles. The molecule has 0 aliphatic rings. The minimum absolute atomic E-state index is 0.0656. The van der Waals surface area contributed by atoms with Gasteiger partial charge in [0.05, 0.1) is 0 Å². The molecule has 0 radical (unpaired) electrons. The number of urea groups is 1. The predicted octanol–water partition coefficient (Wildman–Crippen LogP) is 3.18. The van der Waals surface area contributed by atoms with Gasteiger partial charge in [0.25, 0.3) is 0 Å². The third-order valence-electron chi connectivity index (χ3n) is 3.02. The summed E-state index contributed by atoms with van der Waals surface area (Å²) < 4.78 is 37.6. The van der Waals surface area contributed by atoms with Gasteiger partial charge in [-0.25, -0.2) is 4.79 Å². The van der Waals surface area contributed by atoms with Crippen molar-refractivity contribution < 1.29 is 23.1 Å². The van der Waals surface area contributed by atoms with E-state index in [0.717, 1.165) is 6.92 Å². The number of hydrogen-bond donors (Lipinski definition) is 2. The van der Waals surface area contributed by atoms with Gasteiger partial charge in [-0.2, -0.15) is 13.2 Å². The molecule has 4 nitrogen and oxygen atoms in total. The van der Waals surface area contributed by atoms with Crippen LogP contribution in [0.25, 0.3) is 0 Å². The lowest BCUT2D eigenvalue weighted by Crippen LogP contribution is -2.49. The number of carbonyl (C=O) groups is 1. The molecular formula is C14H18ClF3N2O2. The van der Waals surface area contributed by atoms with Crippen molar-refractivity contribution in [2.45, 2.75) is 32.1 Å². The van der Waals surface area contributed by atoms with E-state index in [4.69, 9.17) is 16.7 Å². The Kier molecular flexibility index (Phi) is 6.96. The summed E-state index contributed by atoms with van der Waals surface area (Å²) in [5.74, 6) is 0. The van der Waals surface area contributed by atoms with E-state index >= 15 is 0 Å². The van der Waals surface area contributed by atoms with E-state index < -0.39 is 18.2 Å². The Balaban J connectivity index is 2.79. The lowest BCUT2D eigenvalue weighted by atomic mass is 10.2. The summed E-state index contributed by atoms with van der Waals surface area (Å²) in [5.41, 5.74) is 0.622. The van der Waals surface area contributed by atoms with Crippen LogP contribution < -0.4 is 5.32 Å². The number of nitrogens with one attached hydrogen (secondary N) is 1. The summed E-state index contributed by atoms with van der Waals surface area (Å²) in [7, 11) is 0. The van der Waals surface area contributed by atoms with Crippen molar-refractivity contribution >= 4 is 17.6 Å². The molecule has 1 rings (SSSR count). The molecule has 2 amide bonds. The van der Waals surface area contributed by atoms with Gasteiger partial charge in [-0.1, -0.05) is 29.8 Å². The summed E-state index contributed by atoms with van der Waals surface area (Å²) >= 11 is 6.00. The average Bonchev–Trinajstić information content (AvgIpc) is 2.44. The summed E-state index contributed by atoms with van der Waals surface area (Å²) in [5, 5.41) is 11.2. The first-order valence-corrected chi connectivity index (χ1v) is 7.10. The summed E-state index contributed by atoms with van der Waals surface area (Å²) in [6.45, 7) is 0.896. The van der Waals surface area contributed by atoms with Gasteiger partial charge >= 0.3 is 12.2 Å². The van der Waals surface area contributed by atoms with Crippen LogP contribution in [0.4, 0.5) is 18.0 Å². The Morgan fingerprint density at radius 1 is 1.41 bits per heavy atom. The third-order valence-corrected chi connectivity index (χ3v) is 3.39. The number of carbonyl (C=O) groups excluding carboxylic acids is 1. The van der Waals surface area contributed by atoms with Gasteiger partial charge in [0, 0.05) is 24.7 Å². The molecule has 1 atom stereocenters. The van der Waals surface area contributed by atoms with Crippen molar-refractivity contribution in [2.24, 2.45) is 0 Å². The van der Waals surface area contributed by atoms with Gasteiger partial charge in [-0.3, -0.25) is 0 Å². The number of alkyl halides is 3. The molecule has 0 aliphatic heterocycles. The van der Waals surface area contributed by atoms with Crippen LogP contribution in [0.5, 0.6) is 0 Å². The number of hydrogen-bond acceptors (Lipinski definition) is 2. The average molecular weight is 339 g/mol. The normalized spacial score (nSPS) is 12.8. The van der Waals surface area contributed by atoms with Crippen molar-refractivity contribution in [1.82, 2.24) is 10.2 Å². The van der Waals surface area contributed by atoms with Gasteiger partial charge in [0.1, 0.15) is 6.04 Å². The maximum absolute atomic E-state index is 12.5. The highest BCUT2D eigenvalue weighted by Crippen LogP contribution is 2.21. The molecule has 0 aromatic heterocycles. The molecule has 2 N–H and O–H groups in total. The number of benzene rings is 1. The SMILES string of the molecule is CC(NC(=O)N(CCCO)Cc1ccccc1Cl)C(F)(F)F. The summed E-state index contributed by atoms with van der Waals surface area (Å²) in [6, 6.07) is 3.96. The number of amides is 2. The molecule has 0 aliphatic carbocycles. The highest BCUT2D eigenvalue weighted by Gasteiger charge is 2.37. The second-order valence-electron chi connectivity index (χ2n) is 4.80. The Morgan fingerprint density at radius 2 is 2.05 bits per heavy atom. The van der Waals surface area contributed by atoms with Crippen molar-refractivity contribution in [3.63, 3.8) is 0 Å². The quantitative estimate of drug-likeness (QED) is 0.837. The van der Waals surface area contributed by atoms with E-state index in [1.807, 2.05) is 5.32 Å². The largest absolute Gasteiger partial charge is 0.408 e. The Morgan fingerprint density at radius 3 is 2.59 bits per heavy atom. The smallest absolute Gasteiger partial charge is 0.396 e. The Hall–Kier alpha value is -1.47. The van der Waals surface area contributed by atoms with Crippen LogP contribution in [0.2, 0.25) is 5.02 Å². The fourth-order valence-electron chi connectivity index (χ4n) is 1.70. The molecule has 0 heterocycles. The molecule has 1 aromatic rings. The van der Waals surface area contributed by atoms with E-state index in [2.05, 4.69) is 0 Å². The summed E-state index contributed by atoms with van der Waals surface area (Å²) in [6.07, 6.45) is -4.25.